The number of hydrogen-bond donors (Lipinski definition) is 3. The summed E-state index contributed by atoms with van der Waals surface area (Å²) in [7, 11) is 0. The molecule has 1 unspecified atom stereocenters. The van der Waals surface area contributed by atoms with Crippen LogP contribution in [0.2, 0.25) is 0 Å². The molecule has 0 radical (unpaired) electrons. The smallest absolute Gasteiger partial charge is 0.435 e. The first-order valence-corrected chi connectivity index (χ1v) is 4.51. The van der Waals surface area contributed by atoms with Gasteiger partial charge in [-0.3, -0.25) is 0 Å². The van der Waals surface area contributed by atoms with Crippen molar-refractivity contribution in [2.75, 3.05) is 6.54 Å². The van der Waals surface area contributed by atoms with Crippen molar-refractivity contribution in [1.82, 2.24) is 5.48 Å². The lowest BCUT2D eigenvalue weighted by Gasteiger charge is -2.10. The van der Waals surface area contributed by atoms with Gasteiger partial charge in [-0.2, -0.15) is 0 Å². The highest BCUT2D eigenvalue weighted by molar-refractivity contribution is 6.28. The molecule has 1 aromatic carbocycles. The molecule has 0 saturated carbocycles. The molecule has 16 heavy (non-hydrogen) atoms. The summed E-state index contributed by atoms with van der Waals surface area (Å²) in [5.74, 6) is -3.11. The molecular formula is C10H11NO5. The number of carbonyl (C=O) groups is 2. The largest absolute Gasteiger partial charge is 0.473 e. The van der Waals surface area contributed by atoms with Crippen LogP contribution < -0.4 is 5.48 Å². The molecule has 0 saturated heterocycles. The summed E-state index contributed by atoms with van der Waals surface area (Å²) in [6, 6.07) is 8.70. The predicted molar refractivity (Wildman–Crippen MR) is 53.1 cm³/mol. The van der Waals surface area contributed by atoms with E-state index in [1.54, 1.807) is 30.3 Å². The molecule has 0 aliphatic carbocycles. The molecule has 0 bridgehead atoms. The van der Waals surface area contributed by atoms with Gasteiger partial charge in [-0.25, -0.2) is 9.59 Å². The molecule has 3 N–H and O–H groups in total. The van der Waals surface area contributed by atoms with Crippen LogP contribution in [0.3, 0.4) is 0 Å². The Balaban J connectivity index is 2.34. The van der Waals surface area contributed by atoms with Crippen LogP contribution in [0.1, 0.15) is 11.7 Å². The van der Waals surface area contributed by atoms with Gasteiger partial charge in [-0.15, -0.1) is 5.48 Å². The number of rotatable bonds is 4. The van der Waals surface area contributed by atoms with Gasteiger partial charge in [0.25, 0.3) is 0 Å². The lowest BCUT2D eigenvalue weighted by molar-refractivity contribution is -0.169. The topological polar surface area (TPSA) is 95.9 Å². The van der Waals surface area contributed by atoms with E-state index in [2.05, 4.69) is 10.3 Å². The maximum Gasteiger partial charge on any atom is 0.435 e. The van der Waals surface area contributed by atoms with E-state index in [9.17, 15) is 14.7 Å². The van der Waals surface area contributed by atoms with Crippen molar-refractivity contribution in [3.05, 3.63) is 35.9 Å². The molecule has 0 aliphatic rings. The van der Waals surface area contributed by atoms with Gasteiger partial charge in [-0.05, 0) is 5.56 Å². The third kappa shape index (κ3) is 3.68. The number of hydroxylamine groups is 1. The molecule has 6 nitrogen and oxygen atoms in total. The highest BCUT2D eigenvalue weighted by Gasteiger charge is 2.14. The van der Waals surface area contributed by atoms with Crippen molar-refractivity contribution >= 4 is 11.9 Å². The summed E-state index contributed by atoms with van der Waals surface area (Å²) in [5.41, 5.74) is 2.72. The number of carboxylic acids is 1. The van der Waals surface area contributed by atoms with E-state index in [0.29, 0.717) is 5.56 Å². The number of nitrogens with one attached hydrogen (secondary N) is 1. The monoisotopic (exact) mass is 225 g/mol. The molecule has 0 spiro atoms. The Kier molecular flexibility index (Phi) is 4.43. The molecule has 0 fully saturated rings. The summed E-state index contributed by atoms with van der Waals surface area (Å²) in [4.78, 5) is 24.7. The van der Waals surface area contributed by atoms with Gasteiger partial charge >= 0.3 is 11.9 Å². The highest BCUT2D eigenvalue weighted by atomic mass is 16.7. The van der Waals surface area contributed by atoms with Crippen molar-refractivity contribution < 1.29 is 24.6 Å². The quantitative estimate of drug-likeness (QED) is 0.487. The fourth-order valence-corrected chi connectivity index (χ4v) is 1.02. The zero-order valence-corrected chi connectivity index (χ0v) is 8.29. The number of carboxylic acid groups (broad SMARTS) is 1. The Labute approximate surface area is 91.4 Å². The van der Waals surface area contributed by atoms with Gasteiger partial charge in [0.15, 0.2) is 0 Å². The van der Waals surface area contributed by atoms with Crippen molar-refractivity contribution in [3.63, 3.8) is 0 Å². The van der Waals surface area contributed by atoms with E-state index >= 15 is 0 Å². The van der Waals surface area contributed by atoms with Crippen LogP contribution in [-0.2, 0) is 14.4 Å². The number of benzene rings is 1. The molecule has 1 atom stereocenters. The zero-order valence-electron chi connectivity index (χ0n) is 8.29. The van der Waals surface area contributed by atoms with Gasteiger partial charge in [-0.1, -0.05) is 30.3 Å². The average molecular weight is 225 g/mol. The lowest BCUT2D eigenvalue weighted by Crippen LogP contribution is -2.29. The summed E-state index contributed by atoms with van der Waals surface area (Å²) >= 11 is 0. The molecule has 1 rings (SSSR count). The van der Waals surface area contributed by atoms with Crippen molar-refractivity contribution in [2.24, 2.45) is 0 Å². The van der Waals surface area contributed by atoms with E-state index in [1.807, 2.05) is 0 Å². The Morgan fingerprint density at radius 2 is 1.94 bits per heavy atom. The fraction of sp³-hybridized carbons (Fsp3) is 0.200. The van der Waals surface area contributed by atoms with Crippen LogP contribution in [0.5, 0.6) is 0 Å². The molecule has 0 aromatic heterocycles. The van der Waals surface area contributed by atoms with Crippen LogP contribution in [0.15, 0.2) is 30.3 Å². The number of hydrogen-bond acceptors (Lipinski definition) is 5. The highest BCUT2D eigenvalue weighted by Crippen LogP contribution is 2.10. The fourth-order valence-electron chi connectivity index (χ4n) is 1.02. The molecule has 0 heterocycles. The first kappa shape index (κ1) is 12.2. The first-order chi connectivity index (χ1) is 7.61. The molecule has 86 valence electrons. The summed E-state index contributed by atoms with van der Waals surface area (Å²) in [5, 5.41) is 17.8. The van der Waals surface area contributed by atoms with Gasteiger partial charge in [0.1, 0.15) is 0 Å². The Morgan fingerprint density at radius 3 is 2.50 bits per heavy atom. The SMILES string of the molecule is O=C(O)C(=O)ONCC(O)c1ccccc1. The third-order valence-corrected chi connectivity index (χ3v) is 1.80. The number of aliphatic hydroxyl groups is 1. The molecule has 1 aromatic rings. The van der Waals surface area contributed by atoms with Crippen LogP contribution in [0, 0.1) is 0 Å². The van der Waals surface area contributed by atoms with E-state index in [4.69, 9.17) is 5.11 Å². The summed E-state index contributed by atoms with van der Waals surface area (Å²) in [6.07, 6.45) is -0.872. The van der Waals surface area contributed by atoms with Crippen LogP contribution in [-0.4, -0.2) is 28.7 Å². The standard InChI is InChI=1S/C10H11NO5/c12-8(7-4-2-1-3-5-7)6-11-16-10(15)9(13)14/h1-5,8,11-12H,6H2,(H,13,14). The van der Waals surface area contributed by atoms with Gasteiger partial charge in [0, 0.05) is 0 Å². The molecular weight excluding hydrogens is 214 g/mol. The maximum atomic E-state index is 10.5. The normalized spacial score (nSPS) is 11.8. The Bertz CT molecular complexity index is 365. The summed E-state index contributed by atoms with van der Waals surface area (Å²) in [6.45, 7) is -0.0803. The van der Waals surface area contributed by atoms with E-state index in [0.717, 1.165) is 0 Å². The number of carbonyl (C=O) groups excluding carboxylic acids is 1. The van der Waals surface area contributed by atoms with Crippen LogP contribution in [0.25, 0.3) is 0 Å². The van der Waals surface area contributed by atoms with Crippen LogP contribution in [0.4, 0.5) is 0 Å². The Hall–Kier alpha value is -1.92. The van der Waals surface area contributed by atoms with Crippen molar-refractivity contribution in [1.29, 1.82) is 0 Å². The minimum atomic E-state index is -1.69. The maximum absolute atomic E-state index is 10.5. The second kappa shape index (κ2) is 5.84. The van der Waals surface area contributed by atoms with Crippen molar-refractivity contribution in [2.45, 2.75) is 6.10 Å². The summed E-state index contributed by atoms with van der Waals surface area (Å²) < 4.78 is 0. The Morgan fingerprint density at radius 1 is 1.31 bits per heavy atom. The first-order valence-electron chi connectivity index (χ1n) is 4.51. The van der Waals surface area contributed by atoms with Crippen LogP contribution >= 0.6 is 0 Å². The van der Waals surface area contributed by atoms with Gasteiger partial charge in [0.05, 0.1) is 12.6 Å². The second-order valence-electron chi connectivity index (χ2n) is 2.97. The minimum Gasteiger partial charge on any atom is -0.473 e. The third-order valence-electron chi connectivity index (χ3n) is 1.80. The molecule has 6 heteroatoms. The van der Waals surface area contributed by atoms with Gasteiger partial charge < -0.3 is 15.1 Å². The van der Waals surface area contributed by atoms with E-state index < -0.39 is 18.0 Å². The minimum absolute atomic E-state index is 0.0803. The predicted octanol–water partition coefficient (Wildman–Crippen LogP) is -0.148. The molecule has 0 aliphatic heterocycles. The number of aliphatic carboxylic acids is 1. The number of aliphatic hydroxyl groups excluding tert-OH is 1. The zero-order chi connectivity index (χ0) is 12.0. The van der Waals surface area contributed by atoms with E-state index in [1.165, 1.54) is 0 Å². The van der Waals surface area contributed by atoms with E-state index in [-0.39, 0.29) is 6.54 Å². The lowest BCUT2D eigenvalue weighted by atomic mass is 10.1. The van der Waals surface area contributed by atoms with Crippen molar-refractivity contribution in [3.8, 4) is 0 Å². The average Bonchev–Trinajstić information content (AvgIpc) is 2.29. The molecule has 0 amide bonds. The second-order valence-corrected chi connectivity index (χ2v) is 2.97. The van der Waals surface area contributed by atoms with Gasteiger partial charge in [0.2, 0.25) is 0 Å².